The second kappa shape index (κ2) is 6.28. The van der Waals surface area contributed by atoms with E-state index in [2.05, 4.69) is 28.1 Å². The van der Waals surface area contributed by atoms with E-state index in [9.17, 15) is 8.42 Å². The van der Waals surface area contributed by atoms with Crippen LogP contribution in [0, 0.1) is 6.92 Å². The molecule has 0 radical (unpaired) electrons. The summed E-state index contributed by atoms with van der Waals surface area (Å²) in [5.41, 5.74) is 4.07. The number of nitrogens with zero attached hydrogens (tertiary/aromatic N) is 2. The van der Waals surface area contributed by atoms with Gasteiger partial charge < -0.3 is 4.57 Å². The normalized spacial score (nSPS) is 12.0. The number of nitrogens with one attached hydrogen (secondary N) is 1. The summed E-state index contributed by atoms with van der Waals surface area (Å²) in [6, 6.07) is 13.2. The Hall–Kier alpha value is -2.34. The van der Waals surface area contributed by atoms with Crippen LogP contribution in [0.3, 0.4) is 0 Å². The number of aromatic nitrogens is 2. The zero-order chi connectivity index (χ0) is 17.3. The van der Waals surface area contributed by atoms with Crippen molar-refractivity contribution in [2.75, 3.05) is 4.72 Å². The van der Waals surface area contributed by atoms with Crippen molar-refractivity contribution in [3.8, 4) is 0 Å². The molecular formula is C18H21N3O2S. The summed E-state index contributed by atoms with van der Waals surface area (Å²) in [6.07, 6.45) is 1.78. The van der Waals surface area contributed by atoms with Crippen LogP contribution in [-0.4, -0.2) is 18.0 Å². The first kappa shape index (κ1) is 16.5. The molecule has 0 saturated carbocycles. The second-order valence-electron chi connectivity index (χ2n) is 6.24. The van der Waals surface area contributed by atoms with Gasteiger partial charge in [0.2, 0.25) is 10.0 Å². The Morgan fingerprint density at radius 3 is 2.62 bits per heavy atom. The predicted molar refractivity (Wildman–Crippen MR) is 97.5 cm³/mol. The van der Waals surface area contributed by atoms with Crippen molar-refractivity contribution in [3.05, 3.63) is 59.9 Å². The highest BCUT2D eigenvalue weighted by Gasteiger charge is 2.14. The van der Waals surface area contributed by atoms with Crippen LogP contribution < -0.4 is 4.72 Å². The molecule has 0 amide bonds. The van der Waals surface area contributed by atoms with Crippen LogP contribution >= 0.6 is 0 Å². The number of hydrogen-bond donors (Lipinski definition) is 1. The standard InChI is InChI=1S/C18H21N3O2S/c1-13(2)21-12-19-17-10-16(8-9-18(17)21)20-24(22,23)11-15-7-5-4-6-14(15)3/h4-10,12-13,20H,11H2,1-3H3. The molecular weight excluding hydrogens is 322 g/mol. The number of imidazole rings is 1. The van der Waals surface area contributed by atoms with E-state index in [-0.39, 0.29) is 5.75 Å². The van der Waals surface area contributed by atoms with E-state index in [1.54, 1.807) is 18.5 Å². The number of benzene rings is 2. The molecule has 0 spiro atoms. The van der Waals surface area contributed by atoms with E-state index in [1.807, 2.05) is 37.3 Å². The van der Waals surface area contributed by atoms with Crippen molar-refractivity contribution in [2.24, 2.45) is 0 Å². The fourth-order valence-electron chi connectivity index (χ4n) is 2.70. The topological polar surface area (TPSA) is 64.0 Å². The smallest absolute Gasteiger partial charge is 0.236 e. The third-order valence-electron chi connectivity index (χ3n) is 4.01. The van der Waals surface area contributed by atoms with Gasteiger partial charge in [-0.25, -0.2) is 13.4 Å². The molecule has 0 aliphatic rings. The molecule has 0 saturated heterocycles. The number of rotatable bonds is 5. The van der Waals surface area contributed by atoms with Gasteiger partial charge in [0.1, 0.15) is 0 Å². The summed E-state index contributed by atoms with van der Waals surface area (Å²) < 4.78 is 29.6. The Morgan fingerprint density at radius 1 is 1.17 bits per heavy atom. The Kier molecular flexibility index (Phi) is 4.32. The third kappa shape index (κ3) is 3.43. The molecule has 3 rings (SSSR count). The third-order valence-corrected chi connectivity index (χ3v) is 5.25. The SMILES string of the molecule is Cc1ccccc1CS(=O)(=O)Nc1ccc2c(c1)ncn2C(C)C. The molecule has 24 heavy (non-hydrogen) atoms. The van der Waals surface area contributed by atoms with Gasteiger partial charge in [-0.15, -0.1) is 0 Å². The number of aryl methyl sites for hydroxylation is 1. The fourth-order valence-corrected chi connectivity index (χ4v) is 3.99. The van der Waals surface area contributed by atoms with Crippen molar-refractivity contribution in [2.45, 2.75) is 32.6 Å². The Balaban J connectivity index is 1.85. The molecule has 0 atom stereocenters. The molecule has 0 aliphatic carbocycles. The molecule has 126 valence electrons. The van der Waals surface area contributed by atoms with Crippen LogP contribution in [0.1, 0.15) is 31.0 Å². The summed E-state index contributed by atoms with van der Waals surface area (Å²) >= 11 is 0. The molecule has 1 N–H and O–H groups in total. The van der Waals surface area contributed by atoms with Crippen molar-refractivity contribution in [1.29, 1.82) is 0 Å². The van der Waals surface area contributed by atoms with Gasteiger partial charge in [-0.05, 0) is 50.1 Å². The average molecular weight is 343 g/mol. The van der Waals surface area contributed by atoms with Crippen LogP contribution in [0.25, 0.3) is 11.0 Å². The van der Waals surface area contributed by atoms with Crippen LogP contribution in [0.4, 0.5) is 5.69 Å². The highest BCUT2D eigenvalue weighted by atomic mass is 32.2. The molecule has 0 fully saturated rings. The number of fused-ring (bicyclic) bond motifs is 1. The molecule has 6 heteroatoms. The Morgan fingerprint density at radius 2 is 1.92 bits per heavy atom. The summed E-state index contributed by atoms with van der Waals surface area (Å²) in [5.74, 6) is -0.0435. The molecule has 1 aromatic heterocycles. The zero-order valence-electron chi connectivity index (χ0n) is 14.0. The number of hydrogen-bond acceptors (Lipinski definition) is 3. The minimum absolute atomic E-state index is 0.0435. The number of sulfonamides is 1. The molecule has 0 bridgehead atoms. The van der Waals surface area contributed by atoms with Crippen LogP contribution in [0.2, 0.25) is 0 Å². The first-order valence-corrected chi connectivity index (χ1v) is 9.52. The maximum absolute atomic E-state index is 12.4. The summed E-state index contributed by atoms with van der Waals surface area (Å²) in [4.78, 5) is 4.36. The van der Waals surface area contributed by atoms with Crippen molar-refractivity contribution in [3.63, 3.8) is 0 Å². The first-order valence-electron chi connectivity index (χ1n) is 7.87. The fraction of sp³-hybridized carbons (Fsp3) is 0.278. The molecule has 2 aromatic carbocycles. The lowest BCUT2D eigenvalue weighted by molar-refractivity contribution is 0.600. The van der Waals surface area contributed by atoms with E-state index in [4.69, 9.17) is 0 Å². The average Bonchev–Trinajstić information content (AvgIpc) is 2.92. The Labute approximate surface area is 142 Å². The largest absolute Gasteiger partial charge is 0.328 e. The van der Waals surface area contributed by atoms with Crippen LogP contribution in [-0.2, 0) is 15.8 Å². The maximum atomic E-state index is 12.4. The van der Waals surface area contributed by atoms with Crippen molar-refractivity contribution >= 4 is 26.7 Å². The lowest BCUT2D eigenvalue weighted by atomic mass is 10.1. The lowest BCUT2D eigenvalue weighted by Crippen LogP contribution is -2.15. The number of anilines is 1. The van der Waals surface area contributed by atoms with Gasteiger partial charge in [0.25, 0.3) is 0 Å². The second-order valence-corrected chi connectivity index (χ2v) is 7.96. The van der Waals surface area contributed by atoms with E-state index >= 15 is 0 Å². The lowest BCUT2D eigenvalue weighted by Gasteiger charge is -2.11. The van der Waals surface area contributed by atoms with Crippen molar-refractivity contribution in [1.82, 2.24) is 9.55 Å². The van der Waals surface area contributed by atoms with E-state index < -0.39 is 10.0 Å². The van der Waals surface area contributed by atoms with Gasteiger partial charge >= 0.3 is 0 Å². The van der Waals surface area contributed by atoms with Gasteiger partial charge in [-0.1, -0.05) is 24.3 Å². The van der Waals surface area contributed by atoms with Gasteiger partial charge in [0.05, 0.1) is 28.8 Å². The minimum atomic E-state index is -3.47. The summed E-state index contributed by atoms with van der Waals surface area (Å²) in [7, 11) is -3.47. The van der Waals surface area contributed by atoms with E-state index in [0.717, 1.165) is 22.2 Å². The van der Waals surface area contributed by atoms with Gasteiger partial charge in [-0.3, -0.25) is 4.72 Å². The molecule has 3 aromatic rings. The van der Waals surface area contributed by atoms with E-state index in [0.29, 0.717) is 11.7 Å². The molecule has 1 heterocycles. The highest BCUT2D eigenvalue weighted by Crippen LogP contribution is 2.22. The minimum Gasteiger partial charge on any atom is -0.328 e. The van der Waals surface area contributed by atoms with Gasteiger partial charge in [0, 0.05) is 6.04 Å². The van der Waals surface area contributed by atoms with E-state index in [1.165, 1.54) is 0 Å². The predicted octanol–water partition coefficient (Wildman–Crippen LogP) is 3.87. The molecule has 5 nitrogen and oxygen atoms in total. The molecule has 0 aliphatic heterocycles. The van der Waals surface area contributed by atoms with Gasteiger partial charge in [0.15, 0.2) is 0 Å². The van der Waals surface area contributed by atoms with Gasteiger partial charge in [-0.2, -0.15) is 0 Å². The monoisotopic (exact) mass is 343 g/mol. The zero-order valence-corrected chi connectivity index (χ0v) is 14.8. The quantitative estimate of drug-likeness (QED) is 0.765. The van der Waals surface area contributed by atoms with Crippen molar-refractivity contribution < 1.29 is 8.42 Å². The summed E-state index contributed by atoms with van der Waals surface area (Å²) in [6.45, 7) is 6.08. The maximum Gasteiger partial charge on any atom is 0.236 e. The summed E-state index contributed by atoms with van der Waals surface area (Å²) in [5, 5.41) is 0. The van der Waals surface area contributed by atoms with Crippen LogP contribution in [0.5, 0.6) is 0 Å². The highest BCUT2D eigenvalue weighted by molar-refractivity contribution is 7.91. The molecule has 0 unspecified atom stereocenters. The van der Waals surface area contributed by atoms with Crippen LogP contribution in [0.15, 0.2) is 48.8 Å². The Bertz CT molecular complexity index is 975. The first-order chi connectivity index (χ1) is 11.4.